The molecule has 1 saturated heterocycles. The summed E-state index contributed by atoms with van der Waals surface area (Å²) in [6.07, 6.45) is 4.87. The predicted molar refractivity (Wildman–Crippen MR) is 87.1 cm³/mol. The van der Waals surface area contributed by atoms with Gasteiger partial charge >= 0.3 is 5.97 Å². The van der Waals surface area contributed by atoms with Gasteiger partial charge in [0.1, 0.15) is 0 Å². The number of carbonyl (C=O) groups excluding carboxylic acids is 1. The lowest BCUT2D eigenvalue weighted by Crippen LogP contribution is -2.45. The van der Waals surface area contributed by atoms with Crippen molar-refractivity contribution in [1.82, 2.24) is 9.88 Å². The highest BCUT2D eigenvalue weighted by atomic mass is 32.1. The molecule has 3 heterocycles. The summed E-state index contributed by atoms with van der Waals surface area (Å²) in [7, 11) is 0. The van der Waals surface area contributed by atoms with Crippen LogP contribution in [0.1, 0.15) is 29.3 Å². The number of hydrogen-bond acceptors (Lipinski definition) is 4. The van der Waals surface area contributed by atoms with Crippen molar-refractivity contribution < 1.29 is 14.7 Å². The fraction of sp³-hybridized carbons (Fsp3) is 0.353. The van der Waals surface area contributed by atoms with Crippen molar-refractivity contribution in [2.75, 3.05) is 6.54 Å². The van der Waals surface area contributed by atoms with Crippen molar-refractivity contribution in [2.24, 2.45) is 5.92 Å². The molecule has 120 valence electrons. The zero-order chi connectivity index (χ0) is 16.2. The number of carboxylic acid groups (broad SMARTS) is 1. The first-order chi connectivity index (χ1) is 11.2. The normalized spacial score (nSPS) is 21.4. The lowest BCUT2D eigenvalue weighted by atomic mass is 9.87. The summed E-state index contributed by atoms with van der Waals surface area (Å²) >= 11 is 1.51. The second-order valence-electron chi connectivity index (χ2n) is 5.64. The summed E-state index contributed by atoms with van der Waals surface area (Å²) in [6, 6.07) is 7.28. The summed E-state index contributed by atoms with van der Waals surface area (Å²) < 4.78 is 0. The standard InChI is InChI=1S/C17H18N2O3S/c20-15-6-5-13(17(21)22)16(14-4-2-10-23-14)19(15)9-7-12-3-1-8-18-11-12/h1-4,8,10-11,13,16H,5-7,9H2,(H,21,22). The van der Waals surface area contributed by atoms with Gasteiger partial charge in [-0.2, -0.15) is 0 Å². The molecule has 2 atom stereocenters. The Kier molecular flexibility index (Phi) is 4.71. The topological polar surface area (TPSA) is 70.5 Å². The van der Waals surface area contributed by atoms with Gasteiger partial charge in [0.25, 0.3) is 0 Å². The molecule has 0 saturated carbocycles. The van der Waals surface area contributed by atoms with E-state index in [4.69, 9.17) is 0 Å². The van der Waals surface area contributed by atoms with Crippen molar-refractivity contribution in [2.45, 2.75) is 25.3 Å². The number of aliphatic carboxylic acids is 1. The Balaban J connectivity index is 1.84. The minimum absolute atomic E-state index is 0.0322. The minimum Gasteiger partial charge on any atom is -0.481 e. The molecule has 0 aromatic carbocycles. The molecule has 1 aliphatic heterocycles. The van der Waals surface area contributed by atoms with Crippen LogP contribution in [0.5, 0.6) is 0 Å². The number of piperidine rings is 1. The molecule has 2 aromatic heterocycles. The quantitative estimate of drug-likeness (QED) is 0.915. The van der Waals surface area contributed by atoms with Gasteiger partial charge in [0, 0.05) is 30.2 Å². The number of carboxylic acids is 1. The van der Waals surface area contributed by atoms with E-state index in [2.05, 4.69) is 4.98 Å². The van der Waals surface area contributed by atoms with Crippen LogP contribution in [0.25, 0.3) is 0 Å². The third-order valence-corrected chi connectivity index (χ3v) is 5.17. The first kappa shape index (κ1) is 15.7. The Morgan fingerprint density at radius 3 is 2.91 bits per heavy atom. The fourth-order valence-electron chi connectivity index (χ4n) is 3.08. The molecule has 1 fully saturated rings. The number of amides is 1. The molecule has 1 aliphatic rings. The van der Waals surface area contributed by atoms with E-state index in [9.17, 15) is 14.7 Å². The summed E-state index contributed by atoms with van der Waals surface area (Å²) in [6.45, 7) is 0.511. The second-order valence-corrected chi connectivity index (χ2v) is 6.62. The van der Waals surface area contributed by atoms with Crippen LogP contribution < -0.4 is 0 Å². The third-order valence-electron chi connectivity index (χ3n) is 4.22. The number of hydrogen-bond donors (Lipinski definition) is 1. The van der Waals surface area contributed by atoms with Gasteiger partial charge in [-0.15, -0.1) is 11.3 Å². The van der Waals surface area contributed by atoms with Crippen molar-refractivity contribution in [3.8, 4) is 0 Å². The highest BCUT2D eigenvalue weighted by Crippen LogP contribution is 2.38. The van der Waals surface area contributed by atoms with E-state index in [0.29, 0.717) is 25.8 Å². The Bertz CT molecular complexity index is 672. The van der Waals surface area contributed by atoms with Crippen molar-refractivity contribution in [3.05, 3.63) is 52.5 Å². The van der Waals surface area contributed by atoms with E-state index in [1.54, 1.807) is 17.3 Å². The van der Waals surface area contributed by atoms with E-state index in [0.717, 1.165) is 10.4 Å². The average molecular weight is 330 g/mol. The molecule has 5 nitrogen and oxygen atoms in total. The maximum Gasteiger partial charge on any atom is 0.308 e. The maximum absolute atomic E-state index is 12.4. The van der Waals surface area contributed by atoms with Crippen LogP contribution >= 0.6 is 11.3 Å². The molecule has 2 unspecified atom stereocenters. The van der Waals surface area contributed by atoms with E-state index < -0.39 is 11.9 Å². The van der Waals surface area contributed by atoms with Gasteiger partial charge in [-0.3, -0.25) is 14.6 Å². The Labute approximate surface area is 138 Å². The second kappa shape index (κ2) is 6.91. The van der Waals surface area contributed by atoms with E-state index >= 15 is 0 Å². The number of thiophene rings is 1. The number of pyridine rings is 1. The molecule has 0 aliphatic carbocycles. The van der Waals surface area contributed by atoms with Gasteiger partial charge in [-0.25, -0.2) is 0 Å². The van der Waals surface area contributed by atoms with E-state index in [1.165, 1.54) is 11.3 Å². The maximum atomic E-state index is 12.4. The van der Waals surface area contributed by atoms with Gasteiger partial charge in [0.15, 0.2) is 0 Å². The van der Waals surface area contributed by atoms with Crippen LogP contribution in [0.2, 0.25) is 0 Å². The number of carbonyl (C=O) groups is 2. The first-order valence-electron chi connectivity index (χ1n) is 7.61. The van der Waals surface area contributed by atoms with Crippen LogP contribution in [0.4, 0.5) is 0 Å². The molecule has 3 rings (SSSR count). The summed E-state index contributed by atoms with van der Waals surface area (Å²) in [5.41, 5.74) is 1.04. The number of nitrogens with zero attached hydrogens (tertiary/aromatic N) is 2. The van der Waals surface area contributed by atoms with Gasteiger partial charge in [0.05, 0.1) is 12.0 Å². The van der Waals surface area contributed by atoms with Gasteiger partial charge in [-0.05, 0) is 35.9 Å². The monoisotopic (exact) mass is 330 g/mol. The predicted octanol–water partition coefficient (Wildman–Crippen LogP) is 2.75. The number of likely N-dealkylation sites (tertiary alicyclic amines) is 1. The van der Waals surface area contributed by atoms with Gasteiger partial charge < -0.3 is 10.0 Å². The van der Waals surface area contributed by atoms with Crippen molar-refractivity contribution in [1.29, 1.82) is 0 Å². The highest BCUT2D eigenvalue weighted by molar-refractivity contribution is 7.10. The van der Waals surface area contributed by atoms with Crippen molar-refractivity contribution >= 4 is 23.2 Å². The third kappa shape index (κ3) is 3.42. The van der Waals surface area contributed by atoms with E-state index in [1.807, 2.05) is 29.6 Å². The van der Waals surface area contributed by atoms with E-state index in [-0.39, 0.29) is 11.9 Å². The largest absolute Gasteiger partial charge is 0.481 e. The SMILES string of the molecule is O=C(O)C1CCC(=O)N(CCc2cccnc2)C1c1cccs1. The summed E-state index contributed by atoms with van der Waals surface area (Å²) in [5.74, 6) is -1.34. The Hall–Kier alpha value is -2.21. The number of aromatic nitrogens is 1. The van der Waals surface area contributed by atoms with Gasteiger partial charge in [0.2, 0.25) is 5.91 Å². The van der Waals surface area contributed by atoms with Crippen LogP contribution in [0.15, 0.2) is 42.0 Å². The van der Waals surface area contributed by atoms with Gasteiger partial charge in [-0.1, -0.05) is 12.1 Å². The molecular weight excluding hydrogens is 312 g/mol. The molecular formula is C17H18N2O3S. The lowest BCUT2D eigenvalue weighted by molar-refractivity contribution is -0.151. The molecule has 2 aromatic rings. The highest BCUT2D eigenvalue weighted by Gasteiger charge is 2.40. The fourth-order valence-corrected chi connectivity index (χ4v) is 3.98. The minimum atomic E-state index is -0.831. The summed E-state index contributed by atoms with van der Waals surface area (Å²) in [4.78, 5) is 30.8. The molecule has 6 heteroatoms. The van der Waals surface area contributed by atoms with Crippen LogP contribution in [0.3, 0.4) is 0 Å². The number of rotatable bonds is 5. The Morgan fingerprint density at radius 1 is 1.39 bits per heavy atom. The molecule has 0 bridgehead atoms. The van der Waals surface area contributed by atoms with Crippen LogP contribution in [-0.4, -0.2) is 33.4 Å². The zero-order valence-corrected chi connectivity index (χ0v) is 13.4. The summed E-state index contributed by atoms with van der Waals surface area (Å²) in [5, 5.41) is 11.5. The molecule has 0 radical (unpaired) electrons. The van der Waals surface area contributed by atoms with Crippen LogP contribution in [0, 0.1) is 5.92 Å². The van der Waals surface area contributed by atoms with Crippen LogP contribution in [-0.2, 0) is 16.0 Å². The zero-order valence-electron chi connectivity index (χ0n) is 12.6. The molecule has 1 N–H and O–H groups in total. The smallest absolute Gasteiger partial charge is 0.308 e. The van der Waals surface area contributed by atoms with Crippen molar-refractivity contribution in [3.63, 3.8) is 0 Å². The molecule has 0 spiro atoms. The molecule has 1 amide bonds. The molecule has 23 heavy (non-hydrogen) atoms. The lowest BCUT2D eigenvalue weighted by Gasteiger charge is -2.39. The average Bonchev–Trinajstić information content (AvgIpc) is 3.08. The Morgan fingerprint density at radius 2 is 2.26 bits per heavy atom. The first-order valence-corrected chi connectivity index (χ1v) is 8.49.